The zero-order valence-corrected chi connectivity index (χ0v) is 16.6. The van der Waals surface area contributed by atoms with E-state index < -0.39 is 0 Å². The summed E-state index contributed by atoms with van der Waals surface area (Å²) in [7, 11) is 0. The lowest BCUT2D eigenvalue weighted by Crippen LogP contribution is -2.52. The summed E-state index contributed by atoms with van der Waals surface area (Å²) in [6.45, 7) is 5.76. The molecule has 1 aromatic rings. The van der Waals surface area contributed by atoms with Crippen molar-refractivity contribution in [3.63, 3.8) is 0 Å². The maximum absolute atomic E-state index is 13.3. The zero-order chi connectivity index (χ0) is 18.5. The van der Waals surface area contributed by atoms with E-state index in [1.165, 1.54) is 25.0 Å². The van der Waals surface area contributed by atoms with Gasteiger partial charge in [-0.15, -0.1) is 12.4 Å². The zero-order valence-electron chi connectivity index (χ0n) is 15.8. The van der Waals surface area contributed by atoms with Crippen molar-refractivity contribution in [3.05, 3.63) is 35.6 Å². The molecule has 2 aliphatic heterocycles. The van der Waals surface area contributed by atoms with Gasteiger partial charge in [-0.25, -0.2) is 4.39 Å². The van der Waals surface area contributed by atoms with Crippen LogP contribution in [-0.2, 0) is 16.1 Å². The van der Waals surface area contributed by atoms with E-state index in [2.05, 4.69) is 12.2 Å². The molecule has 0 aliphatic carbocycles. The molecular weight excluding hydrogens is 369 g/mol. The first-order valence-electron chi connectivity index (χ1n) is 9.53. The van der Waals surface area contributed by atoms with Crippen molar-refractivity contribution in [3.8, 4) is 0 Å². The van der Waals surface area contributed by atoms with Gasteiger partial charge in [0, 0.05) is 26.1 Å². The lowest BCUT2D eigenvalue weighted by molar-refractivity contribution is -0.146. The van der Waals surface area contributed by atoms with Crippen LogP contribution >= 0.6 is 12.4 Å². The van der Waals surface area contributed by atoms with Crippen molar-refractivity contribution < 1.29 is 14.0 Å². The first-order chi connectivity index (χ1) is 12.5. The van der Waals surface area contributed by atoms with Crippen LogP contribution in [0.3, 0.4) is 0 Å². The highest BCUT2D eigenvalue weighted by Gasteiger charge is 2.29. The predicted octanol–water partition coefficient (Wildman–Crippen LogP) is 2.44. The number of piperidine rings is 1. The van der Waals surface area contributed by atoms with Gasteiger partial charge in [0.1, 0.15) is 5.82 Å². The summed E-state index contributed by atoms with van der Waals surface area (Å²) in [6, 6.07) is 6.31. The number of hydrogen-bond donors (Lipinski definition) is 1. The number of rotatable bonds is 5. The molecule has 0 saturated carbocycles. The molecule has 5 nitrogen and oxygen atoms in total. The molecule has 2 atom stereocenters. The van der Waals surface area contributed by atoms with Crippen LogP contribution in [0.1, 0.15) is 31.7 Å². The first kappa shape index (κ1) is 21.6. The summed E-state index contributed by atoms with van der Waals surface area (Å²) in [5.74, 6) is 0.575. The number of benzene rings is 1. The lowest BCUT2D eigenvalue weighted by Gasteiger charge is -2.36. The summed E-state index contributed by atoms with van der Waals surface area (Å²) in [6.07, 6.45) is 2.84. The van der Waals surface area contributed by atoms with Crippen LogP contribution in [-0.4, -0.2) is 54.3 Å². The summed E-state index contributed by atoms with van der Waals surface area (Å²) >= 11 is 0. The van der Waals surface area contributed by atoms with Gasteiger partial charge in [-0.1, -0.05) is 19.1 Å². The molecule has 1 N–H and O–H groups in total. The molecule has 27 heavy (non-hydrogen) atoms. The molecule has 2 heterocycles. The monoisotopic (exact) mass is 397 g/mol. The molecule has 0 spiro atoms. The van der Waals surface area contributed by atoms with Gasteiger partial charge >= 0.3 is 0 Å². The van der Waals surface area contributed by atoms with Crippen LogP contribution in [0.25, 0.3) is 0 Å². The van der Waals surface area contributed by atoms with Gasteiger partial charge < -0.3 is 15.1 Å². The summed E-state index contributed by atoms with van der Waals surface area (Å²) < 4.78 is 13.3. The summed E-state index contributed by atoms with van der Waals surface area (Å²) in [4.78, 5) is 28.4. The van der Waals surface area contributed by atoms with Crippen LogP contribution in [0.4, 0.5) is 4.39 Å². The first-order valence-corrected chi connectivity index (χ1v) is 9.53. The second-order valence-electron chi connectivity index (χ2n) is 7.55. The Morgan fingerprint density at radius 3 is 2.85 bits per heavy atom. The van der Waals surface area contributed by atoms with Crippen molar-refractivity contribution in [2.45, 2.75) is 32.7 Å². The number of carbonyl (C=O) groups excluding carboxylic acids is 2. The van der Waals surface area contributed by atoms with Crippen molar-refractivity contribution in [2.24, 2.45) is 11.8 Å². The Morgan fingerprint density at radius 1 is 1.37 bits per heavy atom. The Labute approximate surface area is 166 Å². The Balaban J connectivity index is 0.00000261. The maximum atomic E-state index is 13.3. The van der Waals surface area contributed by atoms with E-state index >= 15 is 0 Å². The highest BCUT2D eigenvalue weighted by molar-refractivity contribution is 5.86. The fraction of sp³-hybridized carbons (Fsp3) is 0.600. The molecule has 0 radical (unpaired) electrons. The van der Waals surface area contributed by atoms with Crippen LogP contribution in [0.2, 0.25) is 0 Å². The van der Waals surface area contributed by atoms with Gasteiger partial charge in [0.25, 0.3) is 0 Å². The number of nitrogens with zero attached hydrogens (tertiary/aromatic N) is 2. The predicted molar refractivity (Wildman–Crippen MR) is 105 cm³/mol. The molecule has 150 valence electrons. The van der Waals surface area contributed by atoms with E-state index in [-0.39, 0.29) is 36.6 Å². The van der Waals surface area contributed by atoms with Crippen LogP contribution in [0.15, 0.2) is 24.3 Å². The topological polar surface area (TPSA) is 52.7 Å². The van der Waals surface area contributed by atoms with Crippen molar-refractivity contribution >= 4 is 24.2 Å². The fourth-order valence-corrected chi connectivity index (χ4v) is 3.88. The number of piperazine rings is 1. The van der Waals surface area contributed by atoms with E-state index in [0.717, 1.165) is 18.7 Å². The fourth-order valence-electron chi connectivity index (χ4n) is 3.88. The molecule has 2 saturated heterocycles. The number of halogens is 2. The van der Waals surface area contributed by atoms with Gasteiger partial charge in [-0.2, -0.15) is 0 Å². The van der Waals surface area contributed by atoms with Gasteiger partial charge in [0.05, 0.1) is 6.54 Å². The molecule has 2 aliphatic rings. The number of amides is 2. The minimum atomic E-state index is -0.296. The third-order valence-corrected chi connectivity index (χ3v) is 5.57. The summed E-state index contributed by atoms with van der Waals surface area (Å²) in [5.41, 5.74) is 0.775. The average Bonchev–Trinajstić information content (AvgIpc) is 2.64. The Bertz CT molecular complexity index is 652. The van der Waals surface area contributed by atoms with Crippen molar-refractivity contribution in [2.75, 3.05) is 32.7 Å². The van der Waals surface area contributed by atoms with Gasteiger partial charge in [0.2, 0.25) is 11.8 Å². The molecule has 2 fully saturated rings. The van der Waals surface area contributed by atoms with Gasteiger partial charge in [-0.05, 0) is 55.5 Å². The average molecular weight is 398 g/mol. The van der Waals surface area contributed by atoms with E-state index in [1.807, 2.05) is 6.07 Å². The molecule has 2 unspecified atom stereocenters. The smallest absolute Gasteiger partial charge is 0.242 e. The molecule has 3 rings (SSSR count). The highest BCUT2D eigenvalue weighted by atomic mass is 35.5. The quantitative estimate of drug-likeness (QED) is 0.830. The Morgan fingerprint density at radius 2 is 2.19 bits per heavy atom. The lowest BCUT2D eigenvalue weighted by atomic mass is 9.85. The second kappa shape index (κ2) is 10.0. The van der Waals surface area contributed by atoms with E-state index in [9.17, 15) is 14.0 Å². The van der Waals surface area contributed by atoms with Crippen LogP contribution in [0.5, 0.6) is 0 Å². The number of carbonyl (C=O) groups is 2. The van der Waals surface area contributed by atoms with E-state index in [1.54, 1.807) is 15.9 Å². The number of hydrogen-bond acceptors (Lipinski definition) is 3. The molecule has 0 aromatic heterocycles. The Kier molecular flexibility index (Phi) is 8.05. The third-order valence-electron chi connectivity index (χ3n) is 5.57. The molecular formula is C20H29ClFN3O2. The van der Waals surface area contributed by atoms with Crippen molar-refractivity contribution in [1.29, 1.82) is 0 Å². The minimum absolute atomic E-state index is 0. The van der Waals surface area contributed by atoms with Crippen molar-refractivity contribution in [1.82, 2.24) is 15.1 Å². The summed E-state index contributed by atoms with van der Waals surface area (Å²) in [5, 5.41) is 3.40. The molecule has 2 amide bonds. The van der Waals surface area contributed by atoms with Gasteiger partial charge in [0.15, 0.2) is 0 Å². The normalized spacial score (nSPS) is 21.6. The highest BCUT2D eigenvalue weighted by Crippen LogP contribution is 2.23. The maximum Gasteiger partial charge on any atom is 0.242 e. The number of nitrogens with one attached hydrogen (secondary N) is 1. The molecule has 7 heteroatoms. The van der Waals surface area contributed by atoms with Crippen LogP contribution in [0, 0.1) is 17.7 Å². The third kappa shape index (κ3) is 5.91. The standard InChI is InChI=1S/C20H28FN3O2.ClH/c1-15(17-5-3-7-22-12-17)10-19(25)24-9-8-23(20(26)14-24)13-16-4-2-6-18(21)11-16;/h2,4,6,11,15,17,22H,3,5,7-10,12-14H2,1H3;1H. The largest absolute Gasteiger partial charge is 0.335 e. The molecule has 1 aromatic carbocycles. The van der Waals surface area contributed by atoms with Gasteiger partial charge in [-0.3, -0.25) is 9.59 Å². The second-order valence-corrected chi connectivity index (χ2v) is 7.55. The van der Waals surface area contributed by atoms with Crippen LogP contribution < -0.4 is 5.32 Å². The minimum Gasteiger partial charge on any atom is -0.335 e. The Hall–Kier alpha value is -1.66. The SMILES string of the molecule is CC(CC(=O)N1CCN(Cc2cccc(F)c2)C(=O)C1)C1CCCNC1.Cl. The molecule has 0 bridgehead atoms. The van der Waals surface area contributed by atoms with E-state index in [4.69, 9.17) is 0 Å². The van der Waals surface area contributed by atoms with E-state index in [0.29, 0.717) is 37.9 Å².